The first-order valence-corrected chi connectivity index (χ1v) is 5.54. The van der Waals surface area contributed by atoms with Crippen molar-refractivity contribution in [3.8, 4) is 5.75 Å². The molecule has 17 heavy (non-hydrogen) atoms. The predicted molar refractivity (Wildman–Crippen MR) is 66.0 cm³/mol. The number of carbonyl (C=O) groups is 1. The van der Waals surface area contributed by atoms with Gasteiger partial charge in [0.25, 0.3) is 6.47 Å². The van der Waals surface area contributed by atoms with Crippen molar-refractivity contribution in [3.63, 3.8) is 0 Å². The van der Waals surface area contributed by atoms with Gasteiger partial charge in [-0.25, -0.2) is 0 Å². The van der Waals surface area contributed by atoms with E-state index in [4.69, 9.17) is 9.47 Å². The van der Waals surface area contributed by atoms with E-state index < -0.39 is 0 Å². The van der Waals surface area contributed by atoms with E-state index in [1.807, 2.05) is 38.1 Å². The molecule has 0 aliphatic heterocycles. The molecule has 0 amide bonds. The fraction of sp³-hybridized carbons (Fsp3) is 0.462. The van der Waals surface area contributed by atoms with E-state index in [-0.39, 0.29) is 0 Å². The Kier molecular flexibility index (Phi) is 9.95. The maximum Gasteiger partial charge on any atom is 0.293 e. The Balaban J connectivity index is 0.000000437. The molecule has 0 atom stereocenters. The number of benzene rings is 1. The van der Waals surface area contributed by atoms with Crippen LogP contribution < -0.4 is 4.74 Å². The third kappa shape index (κ3) is 8.28. The lowest BCUT2D eigenvalue weighted by molar-refractivity contribution is -0.129. The SMILES string of the molecule is CCOCC.COc1ccc(COC=O)cc1. The monoisotopic (exact) mass is 240 g/mol. The topological polar surface area (TPSA) is 44.8 Å². The maximum atomic E-state index is 9.85. The summed E-state index contributed by atoms with van der Waals surface area (Å²) in [6, 6.07) is 7.34. The number of rotatable bonds is 6. The highest BCUT2D eigenvalue weighted by atomic mass is 16.5. The first-order valence-electron chi connectivity index (χ1n) is 5.54. The summed E-state index contributed by atoms with van der Waals surface area (Å²) in [5.74, 6) is 0.796. The summed E-state index contributed by atoms with van der Waals surface area (Å²) in [6.45, 7) is 6.41. The molecule has 0 bridgehead atoms. The second kappa shape index (κ2) is 11.0. The van der Waals surface area contributed by atoms with E-state index in [0.717, 1.165) is 24.5 Å². The van der Waals surface area contributed by atoms with Gasteiger partial charge in [0.05, 0.1) is 7.11 Å². The Labute approximate surface area is 102 Å². The molecular weight excluding hydrogens is 220 g/mol. The van der Waals surface area contributed by atoms with Crippen molar-refractivity contribution in [2.45, 2.75) is 20.5 Å². The third-order valence-corrected chi connectivity index (χ3v) is 1.89. The molecule has 0 heterocycles. The zero-order chi connectivity index (χ0) is 12.9. The second-order valence-corrected chi connectivity index (χ2v) is 3.04. The smallest absolute Gasteiger partial charge is 0.293 e. The fourth-order valence-electron chi connectivity index (χ4n) is 1.06. The minimum absolute atomic E-state index is 0.313. The first-order chi connectivity index (χ1) is 8.28. The summed E-state index contributed by atoms with van der Waals surface area (Å²) >= 11 is 0. The molecule has 0 aromatic heterocycles. The summed E-state index contributed by atoms with van der Waals surface area (Å²) in [5, 5.41) is 0. The molecule has 0 aliphatic carbocycles. The van der Waals surface area contributed by atoms with Crippen LogP contribution in [0.15, 0.2) is 24.3 Å². The minimum Gasteiger partial charge on any atom is -0.497 e. The molecule has 1 rings (SSSR count). The molecule has 0 fully saturated rings. The Morgan fingerprint density at radius 3 is 2.06 bits per heavy atom. The number of ether oxygens (including phenoxy) is 3. The van der Waals surface area contributed by atoms with Gasteiger partial charge in [-0.05, 0) is 31.5 Å². The largest absolute Gasteiger partial charge is 0.497 e. The van der Waals surface area contributed by atoms with Crippen LogP contribution in [0.4, 0.5) is 0 Å². The highest BCUT2D eigenvalue weighted by molar-refractivity contribution is 5.37. The van der Waals surface area contributed by atoms with Crippen LogP contribution in [0.3, 0.4) is 0 Å². The van der Waals surface area contributed by atoms with Gasteiger partial charge >= 0.3 is 0 Å². The van der Waals surface area contributed by atoms with Crippen LogP contribution in [0.5, 0.6) is 5.75 Å². The van der Waals surface area contributed by atoms with Crippen LogP contribution in [0, 0.1) is 0 Å². The van der Waals surface area contributed by atoms with Gasteiger partial charge in [0.15, 0.2) is 0 Å². The first kappa shape index (κ1) is 15.4. The van der Waals surface area contributed by atoms with Crippen LogP contribution in [0.25, 0.3) is 0 Å². The van der Waals surface area contributed by atoms with Crippen molar-refractivity contribution in [2.75, 3.05) is 20.3 Å². The Hall–Kier alpha value is -1.55. The van der Waals surface area contributed by atoms with Gasteiger partial charge in [-0.3, -0.25) is 4.79 Å². The van der Waals surface area contributed by atoms with E-state index in [1.54, 1.807) is 7.11 Å². The van der Waals surface area contributed by atoms with Gasteiger partial charge in [0, 0.05) is 13.2 Å². The van der Waals surface area contributed by atoms with Crippen LogP contribution in [0.2, 0.25) is 0 Å². The van der Waals surface area contributed by atoms with Crippen LogP contribution in [-0.2, 0) is 20.9 Å². The van der Waals surface area contributed by atoms with Crippen LogP contribution in [0.1, 0.15) is 19.4 Å². The van der Waals surface area contributed by atoms with Gasteiger partial charge in [-0.2, -0.15) is 0 Å². The lowest BCUT2D eigenvalue weighted by Crippen LogP contribution is -1.90. The molecule has 0 spiro atoms. The molecule has 0 saturated heterocycles. The van der Waals surface area contributed by atoms with Crippen LogP contribution in [-0.4, -0.2) is 26.8 Å². The second-order valence-electron chi connectivity index (χ2n) is 3.04. The highest BCUT2D eigenvalue weighted by Crippen LogP contribution is 2.11. The fourth-order valence-corrected chi connectivity index (χ4v) is 1.06. The Morgan fingerprint density at radius 1 is 1.12 bits per heavy atom. The lowest BCUT2D eigenvalue weighted by Gasteiger charge is -2.01. The van der Waals surface area contributed by atoms with Crippen molar-refractivity contribution in [2.24, 2.45) is 0 Å². The standard InChI is InChI=1S/C9H10O3.C4H10O/c1-11-9-4-2-8(3-5-9)6-12-7-10;1-3-5-4-2/h2-5,7H,6H2,1H3;3-4H2,1-2H3. The quantitative estimate of drug-likeness (QED) is 0.716. The zero-order valence-corrected chi connectivity index (χ0v) is 10.6. The molecule has 1 aromatic rings. The predicted octanol–water partition coefficient (Wildman–Crippen LogP) is 2.41. The van der Waals surface area contributed by atoms with Gasteiger partial charge < -0.3 is 14.2 Å². The van der Waals surface area contributed by atoms with E-state index in [2.05, 4.69) is 4.74 Å². The number of hydrogen-bond donors (Lipinski definition) is 0. The van der Waals surface area contributed by atoms with Gasteiger partial charge in [0.1, 0.15) is 12.4 Å². The van der Waals surface area contributed by atoms with Crippen molar-refractivity contribution in [3.05, 3.63) is 29.8 Å². The summed E-state index contributed by atoms with van der Waals surface area (Å²) < 4.78 is 14.4. The molecule has 96 valence electrons. The van der Waals surface area contributed by atoms with Crippen LogP contribution >= 0.6 is 0 Å². The van der Waals surface area contributed by atoms with E-state index in [1.165, 1.54) is 0 Å². The van der Waals surface area contributed by atoms with E-state index in [9.17, 15) is 4.79 Å². The van der Waals surface area contributed by atoms with Crippen molar-refractivity contribution in [1.29, 1.82) is 0 Å². The van der Waals surface area contributed by atoms with Gasteiger partial charge in [-0.15, -0.1) is 0 Å². The summed E-state index contributed by atoms with van der Waals surface area (Å²) in [7, 11) is 1.61. The molecule has 0 N–H and O–H groups in total. The molecule has 0 unspecified atom stereocenters. The average Bonchev–Trinajstić information content (AvgIpc) is 2.38. The maximum absolute atomic E-state index is 9.85. The van der Waals surface area contributed by atoms with Gasteiger partial charge in [0.2, 0.25) is 0 Å². The summed E-state index contributed by atoms with van der Waals surface area (Å²) in [5.41, 5.74) is 0.947. The normalized spacial score (nSPS) is 8.88. The number of carbonyl (C=O) groups excluding carboxylic acids is 1. The molecule has 0 radical (unpaired) electrons. The number of methoxy groups -OCH3 is 1. The highest BCUT2D eigenvalue weighted by Gasteiger charge is 1.93. The summed E-state index contributed by atoms with van der Waals surface area (Å²) in [6.07, 6.45) is 0. The average molecular weight is 240 g/mol. The molecule has 0 aliphatic rings. The minimum atomic E-state index is 0.313. The Morgan fingerprint density at radius 2 is 1.71 bits per heavy atom. The van der Waals surface area contributed by atoms with Crippen molar-refractivity contribution < 1.29 is 19.0 Å². The third-order valence-electron chi connectivity index (χ3n) is 1.89. The molecule has 1 aromatic carbocycles. The molecular formula is C13H20O4. The lowest BCUT2D eigenvalue weighted by atomic mass is 10.2. The molecule has 4 nitrogen and oxygen atoms in total. The van der Waals surface area contributed by atoms with E-state index >= 15 is 0 Å². The Bertz CT molecular complexity index is 280. The van der Waals surface area contributed by atoms with Gasteiger partial charge in [-0.1, -0.05) is 12.1 Å². The van der Waals surface area contributed by atoms with Crippen molar-refractivity contribution in [1.82, 2.24) is 0 Å². The molecule has 4 heteroatoms. The zero-order valence-electron chi connectivity index (χ0n) is 10.6. The molecule has 0 saturated carbocycles. The summed E-state index contributed by atoms with van der Waals surface area (Å²) in [4.78, 5) is 9.85. The van der Waals surface area contributed by atoms with Crippen molar-refractivity contribution >= 4 is 6.47 Å². The number of hydrogen-bond acceptors (Lipinski definition) is 4. The van der Waals surface area contributed by atoms with E-state index in [0.29, 0.717) is 13.1 Å².